The van der Waals surface area contributed by atoms with Gasteiger partial charge in [-0.1, -0.05) is 31.2 Å². The Morgan fingerprint density at radius 1 is 1.21 bits per heavy atom. The lowest BCUT2D eigenvalue weighted by atomic mass is 10.00. The molecule has 3 aromatic rings. The van der Waals surface area contributed by atoms with E-state index >= 15 is 0 Å². The van der Waals surface area contributed by atoms with Crippen LogP contribution in [0, 0.1) is 0 Å². The highest BCUT2D eigenvalue weighted by Gasteiger charge is 2.21. The molecule has 0 saturated carbocycles. The van der Waals surface area contributed by atoms with E-state index < -0.39 is 0 Å². The fraction of sp³-hybridized carbons (Fsp3) is 0.333. The minimum atomic E-state index is -0.0347. The number of fused-ring (bicyclic) bond motifs is 1. The molecule has 2 aromatic heterocycles. The normalized spacial score (nSPS) is 14.3. The fourth-order valence-electron chi connectivity index (χ4n) is 3.98. The van der Waals surface area contributed by atoms with Crippen molar-refractivity contribution in [3.8, 4) is 0 Å². The predicted octanol–water partition coefficient (Wildman–Crippen LogP) is 5.50. The number of aryl methyl sites for hydroxylation is 1. The minimum Gasteiger partial charge on any atom is -0.329 e. The molecular weight excluding hydrogens is 360 g/mol. The molecular formula is C24H28N4O. The van der Waals surface area contributed by atoms with Gasteiger partial charge in [0, 0.05) is 48.2 Å². The van der Waals surface area contributed by atoms with Gasteiger partial charge in [-0.3, -0.25) is 0 Å². The maximum atomic E-state index is 12.8. The minimum absolute atomic E-state index is 0.0347. The summed E-state index contributed by atoms with van der Waals surface area (Å²) < 4.78 is 2.23. The second-order valence-electron chi connectivity index (χ2n) is 7.78. The molecule has 0 fully saturated rings. The van der Waals surface area contributed by atoms with Gasteiger partial charge in [0.25, 0.3) is 0 Å². The molecule has 4 rings (SSSR count). The second-order valence-corrected chi connectivity index (χ2v) is 7.78. The number of rotatable bonds is 4. The van der Waals surface area contributed by atoms with Crippen molar-refractivity contribution in [2.45, 2.75) is 39.7 Å². The molecule has 1 N–H and O–H groups in total. The Kier molecular flexibility index (Phi) is 5.38. The van der Waals surface area contributed by atoms with Gasteiger partial charge in [-0.25, -0.2) is 9.78 Å². The number of pyridine rings is 1. The third-order valence-electron chi connectivity index (χ3n) is 5.63. The van der Waals surface area contributed by atoms with Crippen LogP contribution in [0.25, 0.3) is 16.6 Å². The third-order valence-corrected chi connectivity index (χ3v) is 5.63. The summed E-state index contributed by atoms with van der Waals surface area (Å²) in [4.78, 5) is 19.2. The highest BCUT2D eigenvalue weighted by atomic mass is 16.2. The number of nitrogens with zero attached hydrogens (tertiary/aromatic N) is 3. The second kappa shape index (κ2) is 8.11. The Morgan fingerprint density at radius 3 is 2.76 bits per heavy atom. The van der Waals surface area contributed by atoms with Gasteiger partial charge in [0.2, 0.25) is 0 Å². The molecule has 0 unspecified atom stereocenters. The van der Waals surface area contributed by atoms with Crippen LogP contribution in [-0.2, 0) is 6.42 Å². The highest BCUT2D eigenvalue weighted by Crippen LogP contribution is 2.31. The van der Waals surface area contributed by atoms with E-state index in [1.165, 1.54) is 16.5 Å². The van der Waals surface area contributed by atoms with E-state index in [-0.39, 0.29) is 6.03 Å². The number of nitrogens with one attached hydrogen (secondary N) is 1. The van der Waals surface area contributed by atoms with Gasteiger partial charge < -0.3 is 14.8 Å². The van der Waals surface area contributed by atoms with Crippen LogP contribution in [0.3, 0.4) is 0 Å². The van der Waals surface area contributed by atoms with Gasteiger partial charge in [0.1, 0.15) is 5.65 Å². The summed E-state index contributed by atoms with van der Waals surface area (Å²) in [5.74, 6) is 0. The topological polar surface area (TPSA) is 50.2 Å². The van der Waals surface area contributed by atoms with Crippen LogP contribution in [0.15, 0.2) is 54.9 Å². The monoisotopic (exact) mass is 388 g/mol. The summed E-state index contributed by atoms with van der Waals surface area (Å²) in [5.41, 5.74) is 5.61. The molecule has 150 valence electrons. The van der Waals surface area contributed by atoms with Crippen molar-refractivity contribution >= 4 is 28.3 Å². The number of carbonyl (C=O) groups is 1. The zero-order valence-corrected chi connectivity index (χ0v) is 17.4. The Labute approximate surface area is 172 Å². The van der Waals surface area contributed by atoms with Crippen LogP contribution in [0.4, 0.5) is 10.5 Å². The van der Waals surface area contributed by atoms with Crippen LogP contribution >= 0.6 is 0 Å². The molecule has 5 heteroatoms. The number of hydrogen-bond acceptors (Lipinski definition) is 2. The van der Waals surface area contributed by atoms with Crippen LogP contribution in [0.2, 0.25) is 0 Å². The first kappa shape index (κ1) is 19.2. The summed E-state index contributed by atoms with van der Waals surface area (Å²) in [6.07, 6.45) is 7.98. The summed E-state index contributed by atoms with van der Waals surface area (Å²) in [6, 6.07) is 12.4. The SMILES string of the molecule is CCc1ccccc1NC(=O)N1CC=C(c2cn(C(C)C)c3ncccc23)CC1. The number of anilines is 1. The Morgan fingerprint density at radius 2 is 2.03 bits per heavy atom. The molecule has 0 bridgehead atoms. The number of amides is 2. The summed E-state index contributed by atoms with van der Waals surface area (Å²) in [7, 11) is 0. The lowest BCUT2D eigenvalue weighted by Gasteiger charge is -2.27. The molecule has 3 heterocycles. The molecule has 0 atom stereocenters. The molecule has 5 nitrogen and oxygen atoms in total. The van der Waals surface area contributed by atoms with E-state index in [1.807, 2.05) is 35.4 Å². The van der Waals surface area contributed by atoms with Crippen molar-refractivity contribution < 1.29 is 4.79 Å². The summed E-state index contributed by atoms with van der Waals surface area (Å²) in [6.45, 7) is 7.77. The molecule has 2 amide bonds. The van der Waals surface area contributed by atoms with Gasteiger partial charge in [-0.2, -0.15) is 0 Å². The number of hydrogen-bond donors (Lipinski definition) is 1. The molecule has 1 aliphatic heterocycles. The Bertz CT molecular complexity index is 1060. The van der Waals surface area contributed by atoms with Gasteiger partial charge in [0.05, 0.1) is 0 Å². The number of carbonyl (C=O) groups excluding carboxylic acids is 1. The number of para-hydroxylation sites is 1. The summed E-state index contributed by atoms with van der Waals surface area (Å²) >= 11 is 0. The van der Waals surface area contributed by atoms with Gasteiger partial charge in [-0.05, 0) is 56.0 Å². The van der Waals surface area contributed by atoms with E-state index in [1.54, 1.807) is 0 Å². The molecule has 0 saturated heterocycles. The number of urea groups is 1. The van der Waals surface area contributed by atoms with Crippen molar-refractivity contribution in [3.63, 3.8) is 0 Å². The average Bonchev–Trinajstić information content (AvgIpc) is 3.14. The van der Waals surface area contributed by atoms with E-state index in [2.05, 4.69) is 60.0 Å². The predicted molar refractivity (Wildman–Crippen MR) is 119 cm³/mol. The number of benzene rings is 1. The van der Waals surface area contributed by atoms with Crippen molar-refractivity contribution in [2.75, 3.05) is 18.4 Å². The zero-order valence-electron chi connectivity index (χ0n) is 17.4. The van der Waals surface area contributed by atoms with Crippen molar-refractivity contribution in [3.05, 3.63) is 66.0 Å². The molecule has 1 aliphatic rings. The van der Waals surface area contributed by atoms with Crippen LogP contribution in [0.5, 0.6) is 0 Å². The van der Waals surface area contributed by atoms with E-state index in [0.29, 0.717) is 19.1 Å². The quantitative estimate of drug-likeness (QED) is 0.641. The molecule has 0 aliphatic carbocycles. The molecule has 1 aromatic carbocycles. The molecule has 0 radical (unpaired) electrons. The van der Waals surface area contributed by atoms with Crippen molar-refractivity contribution in [1.82, 2.24) is 14.5 Å². The molecule has 29 heavy (non-hydrogen) atoms. The lowest BCUT2D eigenvalue weighted by Crippen LogP contribution is -2.38. The van der Waals surface area contributed by atoms with Crippen LogP contribution < -0.4 is 5.32 Å². The van der Waals surface area contributed by atoms with E-state index in [9.17, 15) is 4.79 Å². The Hall–Kier alpha value is -3.08. The first-order valence-electron chi connectivity index (χ1n) is 10.4. The smallest absolute Gasteiger partial charge is 0.322 e. The lowest BCUT2D eigenvalue weighted by molar-refractivity contribution is 0.217. The van der Waals surface area contributed by atoms with Crippen molar-refractivity contribution in [2.24, 2.45) is 0 Å². The largest absolute Gasteiger partial charge is 0.329 e. The fourth-order valence-corrected chi connectivity index (χ4v) is 3.98. The zero-order chi connectivity index (χ0) is 20.4. The van der Waals surface area contributed by atoms with E-state index in [0.717, 1.165) is 29.7 Å². The average molecular weight is 389 g/mol. The highest BCUT2D eigenvalue weighted by molar-refractivity contribution is 5.93. The van der Waals surface area contributed by atoms with Crippen molar-refractivity contribution in [1.29, 1.82) is 0 Å². The maximum absolute atomic E-state index is 12.8. The van der Waals surface area contributed by atoms with E-state index in [4.69, 9.17) is 0 Å². The Balaban J connectivity index is 1.53. The summed E-state index contributed by atoms with van der Waals surface area (Å²) in [5, 5.41) is 4.26. The first-order valence-corrected chi connectivity index (χ1v) is 10.4. The van der Waals surface area contributed by atoms with Crippen LogP contribution in [0.1, 0.15) is 44.4 Å². The first-order chi connectivity index (χ1) is 14.1. The standard InChI is InChI=1S/C24H28N4O/c1-4-18-8-5-6-10-22(18)26-24(29)27-14-11-19(12-15-27)21-16-28(17(2)3)23-20(21)9-7-13-25-23/h5-11,13,16-17H,4,12,14-15H2,1-3H3,(H,26,29). The van der Waals surface area contributed by atoms with Gasteiger partial charge in [-0.15, -0.1) is 0 Å². The number of aromatic nitrogens is 2. The molecule has 0 spiro atoms. The third kappa shape index (κ3) is 3.77. The van der Waals surface area contributed by atoms with Crippen LogP contribution in [-0.4, -0.2) is 33.6 Å². The maximum Gasteiger partial charge on any atom is 0.322 e. The van der Waals surface area contributed by atoms with Gasteiger partial charge >= 0.3 is 6.03 Å². The van der Waals surface area contributed by atoms with Gasteiger partial charge in [0.15, 0.2) is 0 Å².